The normalized spacial score (nSPS) is 26.8. The molecule has 6 rings (SSSR count). The maximum Gasteiger partial charge on any atom is 0.332 e. The lowest BCUT2D eigenvalue weighted by Gasteiger charge is -2.26. The fraction of sp³-hybridized carbons (Fsp3) is 0.541. The van der Waals surface area contributed by atoms with Crippen LogP contribution in [0.4, 0.5) is 0 Å². The SMILES string of the molecule is CCOC(=O)[C@@]12C[C@@H]1/C=C\CCCCN(C)C(=O)[C@@H]1C[C@H](Oc3cc(-n4ccc(C(C)C)n4)nc4c(C)c(OC)ccc34)C[C@H]1C(=O)N2. The van der Waals surface area contributed by atoms with E-state index in [1.165, 1.54) is 0 Å². The van der Waals surface area contributed by atoms with E-state index in [4.69, 9.17) is 24.3 Å². The van der Waals surface area contributed by atoms with Crippen molar-refractivity contribution in [2.24, 2.45) is 17.8 Å². The number of fused-ring (bicyclic) bond motifs is 3. The largest absolute Gasteiger partial charge is 0.496 e. The lowest BCUT2D eigenvalue weighted by molar-refractivity contribution is -0.150. The molecule has 2 saturated carbocycles. The summed E-state index contributed by atoms with van der Waals surface area (Å²) in [6.07, 6.45) is 9.36. The Morgan fingerprint density at radius 3 is 2.65 bits per heavy atom. The van der Waals surface area contributed by atoms with E-state index >= 15 is 0 Å². The number of hydrogen-bond acceptors (Lipinski definition) is 8. The summed E-state index contributed by atoms with van der Waals surface area (Å²) in [7, 11) is 3.44. The molecule has 11 heteroatoms. The maximum absolute atomic E-state index is 14.1. The minimum atomic E-state index is -1.10. The number of ether oxygens (including phenoxy) is 3. The van der Waals surface area contributed by atoms with E-state index in [1.807, 2.05) is 43.5 Å². The van der Waals surface area contributed by atoms with Gasteiger partial charge in [-0.25, -0.2) is 14.5 Å². The predicted molar refractivity (Wildman–Crippen MR) is 181 cm³/mol. The first-order chi connectivity index (χ1) is 23.1. The molecule has 1 aromatic carbocycles. The van der Waals surface area contributed by atoms with Crippen molar-refractivity contribution in [3.63, 3.8) is 0 Å². The second-order valence-corrected chi connectivity index (χ2v) is 13.7. The van der Waals surface area contributed by atoms with Crippen LogP contribution in [0.3, 0.4) is 0 Å². The summed E-state index contributed by atoms with van der Waals surface area (Å²) < 4.78 is 19.5. The molecule has 3 aromatic rings. The molecule has 2 fully saturated rings. The van der Waals surface area contributed by atoms with Gasteiger partial charge in [0.25, 0.3) is 0 Å². The smallest absolute Gasteiger partial charge is 0.332 e. The Bertz CT molecular complexity index is 1730. The number of esters is 1. The van der Waals surface area contributed by atoms with Gasteiger partial charge in [-0.1, -0.05) is 26.0 Å². The average molecular weight is 658 g/mol. The number of nitrogens with zero attached hydrogens (tertiary/aromatic N) is 4. The van der Waals surface area contributed by atoms with E-state index in [1.54, 1.807) is 30.7 Å². The average Bonchev–Trinajstić information content (AvgIpc) is 3.37. The first-order valence-corrected chi connectivity index (χ1v) is 17.2. The van der Waals surface area contributed by atoms with Crippen molar-refractivity contribution in [3.8, 4) is 17.3 Å². The van der Waals surface area contributed by atoms with E-state index in [0.717, 1.165) is 41.4 Å². The van der Waals surface area contributed by atoms with Crippen LogP contribution in [-0.4, -0.2) is 76.4 Å². The third-order valence-electron chi connectivity index (χ3n) is 10.1. The fourth-order valence-corrected chi connectivity index (χ4v) is 7.19. The molecule has 0 saturated heterocycles. The third-order valence-corrected chi connectivity index (χ3v) is 10.1. The summed E-state index contributed by atoms with van der Waals surface area (Å²) in [4.78, 5) is 47.9. The first-order valence-electron chi connectivity index (χ1n) is 17.2. The number of aryl methyl sites for hydroxylation is 1. The van der Waals surface area contributed by atoms with Crippen molar-refractivity contribution in [2.45, 2.75) is 83.8 Å². The molecule has 0 spiro atoms. The molecule has 48 heavy (non-hydrogen) atoms. The standard InChI is InChI=1S/C37H47N5O6/c1-7-47-36(45)37-21-24(37)12-10-8-9-11-16-41(5)35(44)28-19-25(18-27(28)34(43)39-37)48-31-20-32(42-17-15-29(40-42)22(2)3)38-33-23(4)30(46-6)14-13-26(31)33/h10,12-15,17,20,22,24-25,27-28H,7-9,11,16,18-19,21H2,1-6H3,(H,39,43)/b12-10-/t24-,25+,27+,28+,37+/m0/s1. The Balaban J connectivity index is 1.34. The summed E-state index contributed by atoms with van der Waals surface area (Å²) in [5.74, 6) is -0.0626. The summed E-state index contributed by atoms with van der Waals surface area (Å²) in [6, 6.07) is 7.67. The minimum absolute atomic E-state index is 0.0787. The van der Waals surface area contributed by atoms with Crippen molar-refractivity contribution < 1.29 is 28.6 Å². The Morgan fingerprint density at radius 2 is 1.92 bits per heavy atom. The third kappa shape index (κ3) is 6.39. The molecular weight excluding hydrogens is 610 g/mol. The lowest BCUT2D eigenvalue weighted by atomic mass is 9.93. The molecule has 3 aliphatic rings. The number of nitrogens with one attached hydrogen (secondary N) is 1. The van der Waals surface area contributed by atoms with E-state index < -0.39 is 29.4 Å². The van der Waals surface area contributed by atoms with Gasteiger partial charge in [0.1, 0.15) is 23.1 Å². The Morgan fingerprint density at radius 1 is 1.12 bits per heavy atom. The number of benzene rings is 1. The van der Waals surface area contributed by atoms with E-state index in [9.17, 15) is 14.4 Å². The van der Waals surface area contributed by atoms with Crippen molar-refractivity contribution in [1.82, 2.24) is 25.0 Å². The van der Waals surface area contributed by atoms with E-state index in [2.05, 4.69) is 25.2 Å². The zero-order chi connectivity index (χ0) is 34.2. The van der Waals surface area contributed by atoms with Crippen molar-refractivity contribution in [2.75, 3.05) is 27.3 Å². The van der Waals surface area contributed by atoms with Crippen LogP contribution >= 0.6 is 0 Å². The number of rotatable bonds is 7. The molecule has 2 aliphatic carbocycles. The monoisotopic (exact) mass is 657 g/mol. The van der Waals surface area contributed by atoms with Gasteiger partial charge in [-0.3, -0.25) is 9.59 Å². The molecule has 5 atom stereocenters. The molecule has 256 valence electrons. The lowest BCUT2D eigenvalue weighted by Crippen LogP contribution is -2.50. The highest BCUT2D eigenvalue weighted by molar-refractivity contribution is 5.95. The summed E-state index contributed by atoms with van der Waals surface area (Å²) in [5, 5.41) is 8.61. The summed E-state index contributed by atoms with van der Waals surface area (Å²) in [6.45, 7) is 8.74. The van der Waals surface area contributed by atoms with Gasteiger partial charge < -0.3 is 24.4 Å². The van der Waals surface area contributed by atoms with E-state index in [0.29, 0.717) is 43.1 Å². The Kier molecular flexibility index (Phi) is 9.49. The number of pyridine rings is 1. The molecular formula is C37H47N5O6. The van der Waals surface area contributed by atoms with Gasteiger partial charge in [-0.05, 0) is 76.5 Å². The van der Waals surface area contributed by atoms with Gasteiger partial charge in [-0.15, -0.1) is 0 Å². The van der Waals surface area contributed by atoms with Crippen LogP contribution in [0, 0.1) is 24.7 Å². The number of carbonyl (C=O) groups excluding carboxylic acids is 3. The van der Waals surface area contributed by atoms with Crippen LogP contribution in [0.25, 0.3) is 16.7 Å². The molecule has 2 amide bonds. The molecule has 2 aromatic heterocycles. The predicted octanol–water partition coefficient (Wildman–Crippen LogP) is 5.27. The highest BCUT2D eigenvalue weighted by atomic mass is 16.5. The molecule has 11 nitrogen and oxygen atoms in total. The topological polar surface area (TPSA) is 125 Å². The van der Waals surface area contributed by atoms with Crippen molar-refractivity contribution >= 4 is 28.7 Å². The highest BCUT2D eigenvalue weighted by Gasteiger charge is 2.62. The number of allylic oxidation sites excluding steroid dienone is 1. The molecule has 0 bridgehead atoms. The molecule has 1 N–H and O–H groups in total. The minimum Gasteiger partial charge on any atom is -0.496 e. The van der Waals surface area contributed by atoms with Crippen LogP contribution < -0.4 is 14.8 Å². The zero-order valence-corrected chi connectivity index (χ0v) is 28.8. The molecule has 0 unspecified atom stereocenters. The number of methoxy groups -OCH3 is 1. The van der Waals surface area contributed by atoms with Crippen LogP contribution in [0.5, 0.6) is 11.5 Å². The first kappa shape index (κ1) is 33.5. The summed E-state index contributed by atoms with van der Waals surface area (Å²) in [5.41, 5.74) is 1.43. The zero-order valence-electron chi connectivity index (χ0n) is 28.8. The Hall–Kier alpha value is -4.41. The second-order valence-electron chi connectivity index (χ2n) is 13.7. The van der Waals surface area contributed by atoms with Gasteiger partial charge in [0.15, 0.2) is 5.82 Å². The highest BCUT2D eigenvalue weighted by Crippen LogP contribution is 2.47. The Labute approximate surface area is 282 Å². The fourth-order valence-electron chi connectivity index (χ4n) is 7.19. The number of hydrogen-bond donors (Lipinski definition) is 1. The van der Waals surface area contributed by atoms with Gasteiger partial charge >= 0.3 is 5.97 Å². The van der Waals surface area contributed by atoms with Crippen LogP contribution in [-0.2, 0) is 19.1 Å². The van der Waals surface area contributed by atoms with Gasteiger partial charge in [0, 0.05) is 42.7 Å². The van der Waals surface area contributed by atoms with Gasteiger partial charge in [0.2, 0.25) is 11.8 Å². The van der Waals surface area contributed by atoms with Gasteiger partial charge in [-0.2, -0.15) is 5.10 Å². The van der Waals surface area contributed by atoms with Crippen LogP contribution in [0.1, 0.15) is 76.5 Å². The van der Waals surface area contributed by atoms with Crippen molar-refractivity contribution in [3.05, 3.63) is 53.9 Å². The van der Waals surface area contributed by atoms with Gasteiger partial charge in [0.05, 0.1) is 36.8 Å². The molecule has 3 heterocycles. The van der Waals surface area contributed by atoms with Crippen LogP contribution in [0.15, 0.2) is 42.6 Å². The maximum atomic E-state index is 14.1. The molecule has 1 aliphatic heterocycles. The second kappa shape index (κ2) is 13.6. The summed E-state index contributed by atoms with van der Waals surface area (Å²) >= 11 is 0. The molecule has 0 radical (unpaired) electrons. The van der Waals surface area contributed by atoms with Crippen LogP contribution in [0.2, 0.25) is 0 Å². The quantitative estimate of drug-likeness (QED) is 0.269. The van der Waals surface area contributed by atoms with Crippen molar-refractivity contribution in [1.29, 1.82) is 0 Å². The number of carbonyl (C=O) groups is 3. The number of amides is 2. The number of aromatic nitrogens is 3. The van der Waals surface area contributed by atoms with E-state index in [-0.39, 0.29) is 30.3 Å².